The first-order chi connectivity index (χ1) is 13.1. The number of rotatable bonds is 6. The van der Waals surface area contributed by atoms with E-state index in [2.05, 4.69) is 12.0 Å². The molecule has 3 rings (SSSR count). The number of nitrogen functional groups attached to an aromatic ring is 1. The Balaban J connectivity index is 1.78. The monoisotopic (exact) mass is 378 g/mol. The van der Waals surface area contributed by atoms with E-state index >= 15 is 0 Å². The molecule has 27 heavy (non-hydrogen) atoms. The molecule has 1 amide bonds. The van der Waals surface area contributed by atoms with Gasteiger partial charge in [-0.1, -0.05) is 48.5 Å². The molecule has 1 atom stereocenters. The maximum absolute atomic E-state index is 12.6. The van der Waals surface area contributed by atoms with E-state index in [1.807, 2.05) is 79.7 Å². The highest BCUT2D eigenvalue weighted by Gasteiger charge is 2.11. The highest BCUT2D eigenvalue weighted by atomic mass is 31.1. The number of hydrogen-bond acceptors (Lipinski definition) is 3. The maximum Gasteiger partial charge on any atom is 0.255 e. The zero-order valence-corrected chi connectivity index (χ0v) is 16.4. The molecule has 0 aliphatic carbocycles. The van der Waals surface area contributed by atoms with Gasteiger partial charge in [0.05, 0.1) is 19.5 Å². The van der Waals surface area contributed by atoms with Crippen LogP contribution >= 0.6 is 8.15 Å². The fraction of sp³-hybridized carbons (Fsp3) is 0.136. The Morgan fingerprint density at radius 1 is 1.00 bits per heavy atom. The van der Waals surface area contributed by atoms with Gasteiger partial charge in [0.1, 0.15) is 0 Å². The Morgan fingerprint density at radius 2 is 1.70 bits per heavy atom. The molecule has 1 unspecified atom stereocenters. The molecule has 0 aliphatic heterocycles. The van der Waals surface area contributed by atoms with E-state index in [0.717, 1.165) is 16.4 Å². The number of carbonyl (C=O) groups excluding carboxylic acids is 1. The Labute approximate surface area is 161 Å². The summed E-state index contributed by atoms with van der Waals surface area (Å²) in [6, 6.07) is 23.2. The Hall–Kier alpha value is -2.68. The third kappa shape index (κ3) is 4.73. The van der Waals surface area contributed by atoms with Crippen molar-refractivity contribution in [3.8, 4) is 11.1 Å². The van der Waals surface area contributed by atoms with E-state index in [9.17, 15) is 4.79 Å². The van der Waals surface area contributed by atoms with E-state index in [4.69, 9.17) is 10.3 Å². The molecule has 0 radical (unpaired) electrons. The van der Waals surface area contributed by atoms with Gasteiger partial charge >= 0.3 is 0 Å². The predicted molar refractivity (Wildman–Crippen MR) is 115 cm³/mol. The second kappa shape index (κ2) is 8.81. The Morgan fingerprint density at radius 3 is 2.37 bits per heavy atom. The van der Waals surface area contributed by atoms with E-state index < -0.39 is 8.15 Å². The highest BCUT2D eigenvalue weighted by molar-refractivity contribution is 7.60. The minimum absolute atomic E-state index is 0.185. The van der Waals surface area contributed by atoms with Crippen molar-refractivity contribution in [3.05, 3.63) is 78.4 Å². The normalized spacial score (nSPS) is 11.8. The van der Waals surface area contributed by atoms with Crippen LogP contribution in [0.3, 0.4) is 0 Å². The van der Waals surface area contributed by atoms with Crippen LogP contribution in [0.5, 0.6) is 0 Å². The van der Waals surface area contributed by atoms with E-state index in [-0.39, 0.29) is 5.91 Å². The van der Waals surface area contributed by atoms with Crippen LogP contribution in [0.25, 0.3) is 11.1 Å². The number of nitrogens with one attached hydrogen (secondary N) is 1. The fourth-order valence-corrected chi connectivity index (χ4v) is 3.87. The first kappa shape index (κ1) is 19.1. The molecule has 0 aromatic heterocycles. The summed E-state index contributed by atoms with van der Waals surface area (Å²) in [5.41, 5.74) is 9.87. The molecule has 0 heterocycles. The van der Waals surface area contributed by atoms with Crippen molar-refractivity contribution >= 4 is 30.7 Å². The molecule has 3 aromatic carbocycles. The van der Waals surface area contributed by atoms with Crippen molar-refractivity contribution in [1.82, 2.24) is 0 Å². The quantitative estimate of drug-likeness (QED) is 0.475. The van der Waals surface area contributed by atoms with E-state index in [1.54, 1.807) is 0 Å². The average Bonchev–Trinajstić information content (AvgIpc) is 2.70. The summed E-state index contributed by atoms with van der Waals surface area (Å²) in [4.78, 5) is 12.6. The van der Waals surface area contributed by atoms with Crippen LogP contribution in [0.15, 0.2) is 72.8 Å². The number of hydrogen-bond donors (Lipinski definition) is 2. The number of anilines is 2. The summed E-state index contributed by atoms with van der Waals surface area (Å²) in [6.07, 6.45) is 0. The lowest BCUT2D eigenvalue weighted by Crippen LogP contribution is -2.14. The second-order valence-electron chi connectivity index (χ2n) is 6.08. The second-order valence-corrected chi connectivity index (χ2v) is 7.85. The zero-order valence-electron chi connectivity index (χ0n) is 15.5. The van der Waals surface area contributed by atoms with Crippen molar-refractivity contribution in [2.24, 2.45) is 0 Å². The van der Waals surface area contributed by atoms with Crippen LogP contribution in [0.2, 0.25) is 0 Å². The van der Waals surface area contributed by atoms with Gasteiger partial charge in [-0.25, -0.2) is 0 Å². The summed E-state index contributed by atoms with van der Waals surface area (Å²) < 4.78 is 5.64. The van der Waals surface area contributed by atoms with Crippen molar-refractivity contribution in [2.45, 2.75) is 6.92 Å². The highest BCUT2D eigenvalue weighted by Crippen LogP contribution is 2.31. The number of nitrogens with two attached hydrogens (primary N) is 1. The molecule has 0 saturated heterocycles. The standard InChI is InChI=1S/C22H23N2O2P/c1-3-26-27(2)19-12-9-17(10-13-19)22(25)24-21-15-18(11-14-20(21)23)16-7-5-4-6-8-16/h4-15H,3,23H2,1-2H3,(H,24,25). The van der Waals surface area contributed by atoms with Gasteiger partial charge in [-0.2, -0.15) is 0 Å². The molecule has 0 fully saturated rings. The van der Waals surface area contributed by atoms with Crippen molar-refractivity contribution in [2.75, 3.05) is 24.3 Å². The van der Waals surface area contributed by atoms with Crippen LogP contribution < -0.4 is 16.4 Å². The van der Waals surface area contributed by atoms with Gasteiger partial charge in [-0.15, -0.1) is 0 Å². The van der Waals surface area contributed by atoms with E-state index in [0.29, 0.717) is 23.5 Å². The van der Waals surface area contributed by atoms with Gasteiger partial charge in [0.15, 0.2) is 0 Å². The summed E-state index contributed by atoms with van der Waals surface area (Å²) in [6.45, 7) is 4.72. The topological polar surface area (TPSA) is 64.3 Å². The first-order valence-electron chi connectivity index (χ1n) is 8.81. The van der Waals surface area contributed by atoms with Crippen LogP contribution in [-0.4, -0.2) is 19.2 Å². The lowest BCUT2D eigenvalue weighted by molar-refractivity contribution is 0.102. The molecule has 0 aliphatic rings. The molecule has 3 aromatic rings. The molecule has 138 valence electrons. The SMILES string of the molecule is CCOP(C)c1ccc(C(=O)Nc2cc(-c3ccccc3)ccc2N)cc1. The molecule has 0 bridgehead atoms. The van der Waals surface area contributed by atoms with Crippen LogP contribution in [0.1, 0.15) is 17.3 Å². The number of amides is 1. The zero-order chi connectivity index (χ0) is 19.2. The average molecular weight is 378 g/mol. The minimum Gasteiger partial charge on any atom is -0.397 e. The fourth-order valence-electron chi connectivity index (χ4n) is 2.76. The third-order valence-corrected chi connectivity index (χ3v) is 5.90. The first-order valence-corrected chi connectivity index (χ1v) is 10.5. The summed E-state index contributed by atoms with van der Waals surface area (Å²) in [5, 5.41) is 4.03. The van der Waals surface area contributed by atoms with Gasteiger partial charge in [-0.05, 0) is 49.0 Å². The maximum atomic E-state index is 12.6. The molecular formula is C22H23N2O2P. The molecule has 0 saturated carbocycles. The van der Waals surface area contributed by atoms with Gasteiger partial charge in [0.25, 0.3) is 5.91 Å². The summed E-state index contributed by atoms with van der Waals surface area (Å²) >= 11 is 0. The van der Waals surface area contributed by atoms with Crippen molar-refractivity contribution < 1.29 is 9.32 Å². The van der Waals surface area contributed by atoms with Gasteiger partial charge in [0.2, 0.25) is 0 Å². The van der Waals surface area contributed by atoms with Gasteiger partial charge in [-0.3, -0.25) is 4.79 Å². The summed E-state index contributed by atoms with van der Waals surface area (Å²) in [7, 11) is -0.642. The minimum atomic E-state index is -0.642. The van der Waals surface area contributed by atoms with Gasteiger partial charge < -0.3 is 15.6 Å². The molecular weight excluding hydrogens is 355 g/mol. The Bertz CT molecular complexity index is 911. The number of carbonyl (C=O) groups is 1. The largest absolute Gasteiger partial charge is 0.397 e. The molecule has 5 heteroatoms. The van der Waals surface area contributed by atoms with Crippen LogP contribution in [0, 0.1) is 0 Å². The predicted octanol–water partition coefficient (Wildman–Crippen LogP) is 4.88. The third-order valence-electron chi connectivity index (χ3n) is 4.22. The lowest BCUT2D eigenvalue weighted by atomic mass is 10.0. The van der Waals surface area contributed by atoms with E-state index in [1.165, 1.54) is 0 Å². The van der Waals surface area contributed by atoms with Crippen molar-refractivity contribution in [1.29, 1.82) is 0 Å². The molecule has 3 N–H and O–H groups in total. The van der Waals surface area contributed by atoms with Crippen LogP contribution in [-0.2, 0) is 4.52 Å². The Kier molecular flexibility index (Phi) is 6.23. The smallest absolute Gasteiger partial charge is 0.255 e. The number of benzene rings is 3. The van der Waals surface area contributed by atoms with Gasteiger partial charge in [0, 0.05) is 17.5 Å². The summed E-state index contributed by atoms with van der Waals surface area (Å²) in [5.74, 6) is -0.185. The lowest BCUT2D eigenvalue weighted by Gasteiger charge is -2.13. The molecule has 0 spiro atoms. The molecule has 4 nitrogen and oxygen atoms in total. The van der Waals surface area contributed by atoms with Crippen molar-refractivity contribution in [3.63, 3.8) is 0 Å². The van der Waals surface area contributed by atoms with Crippen LogP contribution in [0.4, 0.5) is 11.4 Å².